The number of esters is 1. The SMILES string of the molecule is COC(=O)c1csc(C2(C#N)CCCC2C)n1. The summed E-state index contributed by atoms with van der Waals surface area (Å²) in [7, 11) is 1.33. The van der Waals surface area contributed by atoms with Crippen molar-refractivity contribution in [1.29, 1.82) is 5.26 Å². The van der Waals surface area contributed by atoms with Crippen LogP contribution in [0.3, 0.4) is 0 Å². The zero-order chi connectivity index (χ0) is 12.5. The first kappa shape index (κ1) is 12.1. The van der Waals surface area contributed by atoms with Crippen LogP contribution in [0.15, 0.2) is 5.38 Å². The van der Waals surface area contributed by atoms with Gasteiger partial charge in [0.05, 0.1) is 13.2 Å². The summed E-state index contributed by atoms with van der Waals surface area (Å²) in [6.07, 6.45) is 2.92. The van der Waals surface area contributed by atoms with E-state index in [1.54, 1.807) is 5.38 Å². The predicted molar refractivity (Wildman–Crippen MR) is 63.8 cm³/mol. The topological polar surface area (TPSA) is 63.0 Å². The second-order valence-electron chi connectivity index (χ2n) is 4.41. The summed E-state index contributed by atoms with van der Waals surface area (Å²) in [5.41, 5.74) is -0.196. The molecule has 0 N–H and O–H groups in total. The van der Waals surface area contributed by atoms with Crippen molar-refractivity contribution in [2.45, 2.75) is 31.6 Å². The summed E-state index contributed by atoms with van der Waals surface area (Å²) in [4.78, 5) is 15.6. The number of rotatable bonds is 2. The van der Waals surface area contributed by atoms with Gasteiger partial charge in [-0.1, -0.05) is 13.3 Å². The van der Waals surface area contributed by atoms with Gasteiger partial charge >= 0.3 is 5.97 Å². The van der Waals surface area contributed by atoms with E-state index in [4.69, 9.17) is 0 Å². The molecule has 1 fully saturated rings. The van der Waals surface area contributed by atoms with E-state index in [1.165, 1.54) is 18.4 Å². The number of thiazole rings is 1. The average molecular weight is 250 g/mol. The molecule has 2 unspecified atom stereocenters. The molecule has 0 amide bonds. The van der Waals surface area contributed by atoms with Crippen LogP contribution in [0.1, 0.15) is 41.7 Å². The molecule has 0 radical (unpaired) electrons. The van der Waals surface area contributed by atoms with Gasteiger partial charge in [0.1, 0.15) is 10.4 Å². The van der Waals surface area contributed by atoms with Gasteiger partial charge in [0.2, 0.25) is 0 Å². The van der Waals surface area contributed by atoms with Gasteiger partial charge in [0.25, 0.3) is 0 Å². The Morgan fingerprint density at radius 1 is 1.76 bits per heavy atom. The molecule has 5 heteroatoms. The Kier molecular flexibility index (Phi) is 3.16. The molecule has 1 aromatic heterocycles. The first-order valence-corrected chi connectivity index (χ1v) is 6.47. The Labute approximate surface area is 104 Å². The van der Waals surface area contributed by atoms with E-state index in [0.717, 1.165) is 24.3 Å². The third-order valence-electron chi connectivity index (χ3n) is 3.53. The van der Waals surface area contributed by atoms with Crippen molar-refractivity contribution in [2.24, 2.45) is 5.92 Å². The van der Waals surface area contributed by atoms with Gasteiger partial charge in [-0.3, -0.25) is 0 Å². The summed E-state index contributed by atoms with van der Waals surface area (Å²) < 4.78 is 4.63. The average Bonchev–Trinajstić information content (AvgIpc) is 2.95. The van der Waals surface area contributed by atoms with Crippen molar-refractivity contribution < 1.29 is 9.53 Å². The molecule has 0 saturated heterocycles. The van der Waals surface area contributed by atoms with E-state index in [1.807, 2.05) is 0 Å². The highest BCUT2D eigenvalue weighted by Gasteiger charge is 2.44. The lowest BCUT2D eigenvalue weighted by Gasteiger charge is -2.22. The lowest BCUT2D eigenvalue weighted by atomic mass is 9.81. The van der Waals surface area contributed by atoms with E-state index in [2.05, 4.69) is 22.7 Å². The monoisotopic (exact) mass is 250 g/mol. The molecule has 0 bridgehead atoms. The van der Waals surface area contributed by atoms with Crippen LogP contribution in [0.2, 0.25) is 0 Å². The third kappa shape index (κ3) is 1.83. The van der Waals surface area contributed by atoms with Crippen LogP contribution in [-0.2, 0) is 10.2 Å². The molecule has 1 aliphatic carbocycles. The molecule has 0 aliphatic heterocycles. The van der Waals surface area contributed by atoms with Gasteiger partial charge < -0.3 is 4.74 Å². The Morgan fingerprint density at radius 3 is 3.06 bits per heavy atom. The number of carbonyl (C=O) groups is 1. The molecular weight excluding hydrogens is 236 g/mol. The van der Waals surface area contributed by atoms with Crippen LogP contribution in [0.4, 0.5) is 0 Å². The molecule has 1 aromatic rings. The van der Waals surface area contributed by atoms with Gasteiger partial charge in [0.15, 0.2) is 5.69 Å². The Hall–Kier alpha value is -1.41. The van der Waals surface area contributed by atoms with E-state index in [-0.39, 0.29) is 0 Å². The highest BCUT2D eigenvalue weighted by atomic mass is 32.1. The number of carbonyl (C=O) groups excluding carboxylic acids is 1. The Morgan fingerprint density at radius 2 is 2.53 bits per heavy atom. The summed E-state index contributed by atoms with van der Waals surface area (Å²) >= 11 is 1.38. The molecule has 17 heavy (non-hydrogen) atoms. The van der Waals surface area contributed by atoms with Crippen molar-refractivity contribution >= 4 is 17.3 Å². The number of ether oxygens (including phenoxy) is 1. The summed E-state index contributed by atoms with van der Waals surface area (Å²) in [6, 6.07) is 2.41. The van der Waals surface area contributed by atoms with Crippen LogP contribution in [0.5, 0.6) is 0 Å². The van der Waals surface area contributed by atoms with Gasteiger partial charge in [0, 0.05) is 5.38 Å². The fraction of sp³-hybridized carbons (Fsp3) is 0.583. The van der Waals surface area contributed by atoms with Crippen molar-refractivity contribution in [2.75, 3.05) is 7.11 Å². The van der Waals surface area contributed by atoms with E-state index in [9.17, 15) is 10.1 Å². The van der Waals surface area contributed by atoms with E-state index < -0.39 is 11.4 Å². The number of nitrogens with zero attached hydrogens (tertiary/aromatic N) is 2. The second-order valence-corrected chi connectivity index (χ2v) is 5.26. The number of hydrogen-bond donors (Lipinski definition) is 0. The van der Waals surface area contributed by atoms with Crippen LogP contribution in [-0.4, -0.2) is 18.1 Å². The summed E-state index contributed by atoms with van der Waals surface area (Å²) in [6.45, 7) is 2.08. The minimum Gasteiger partial charge on any atom is -0.464 e. The lowest BCUT2D eigenvalue weighted by molar-refractivity contribution is 0.0594. The quantitative estimate of drug-likeness (QED) is 0.756. The molecule has 2 rings (SSSR count). The van der Waals surface area contributed by atoms with E-state index in [0.29, 0.717) is 11.6 Å². The molecule has 1 aliphatic rings. The molecule has 4 nitrogen and oxygen atoms in total. The molecule has 1 saturated carbocycles. The van der Waals surface area contributed by atoms with Gasteiger partial charge in [-0.15, -0.1) is 11.3 Å². The zero-order valence-corrected chi connectivity index (χ0v) is 10.7. The maximum Gasteiger partial charge on any atom is 0.357 e. The predicted octanol–water partition coefficient (Wildman–Crippen LogP) is 2.51. The molecule has 0 aromatic carbocycles. The number of nitriles is 1. The third-order valence-corrected chi connectivity index (χ3v) is 4.55. The summed E-state index contributed by atoms with van der Waals surface area (Å²) in [5.74, 6) is -0.143. The van der Waals surface area contributed by atoms with Crippen LogP contribution >= 0.6 is 11.3 Å². The zero-order valence-electron chi connectivity index (χ0n) is 9.90. The maximum absolute atomic E-state index is 11.4. The maximum atomic E-state index is 11.4. The second kappa shape index (κ2) is 4.46. The normalized spacial score (nSPS) is 27.7. The molecule has 2 atom stereocenters. The Bertz CT molecular complexity index is 477. The number of aromatic nitrogens is 1. The van der Waals surface area contributed by atoms with Crippen molar-refractivity contribution in [3.05, 3.63) is 16.1 Å². The lowest BCUT2D eigenvalue weighted by Crippen LogP contribution is -2.27. The first-order chi connectivity index (χ1) is 8.14. The van der Waals surface area contributed by atoms with Gasteiger partial charge in [-0.2, -0.15) is 5.26 Å². The fourth-order valence-electron chi connectivity index (χ4n) is 2.39. The molecular formula is C12H14N2O2S. The summed E-state index contributed by atoms with van der Waals surface area (Å²) in [5, 5.41) is 11.9. The molecule has 90 valence electrons. The highest BCUT2D eigenvalue weighted by Crippen LogP contribution is 2.46. The highest BCUT2D eigenvalue weighted by molar-refractivity contribution is 7.10. The number of hydrogen-bond acceptors (Lipinski definition) is 5. The molecule has 1 heterocycles. The van der Waals surface area contributed by atoms with E-state index >= 15 is 0 Å². The van der Waals surface area contributed by atoms with Crippen molar-refractivity contribution in [3.63, 3.8) is 0 Å². The largest absolute Gasteiger partial charge is 0.464 e. The van der Waals surface area contributed by atoms with Crippen molar-refractivity contribution in [1.82, 2.24) is 4.98 Å². The van der Waals surface area contributed by atoms with Crippen molar-refractivity contribution in [3.8, 4) is 6.07 Å². The minimum absolute atomic E-state index is 0.296. The standard InChI is InChI=1S/C12H14N2O2S/c1-8-4-3-5-12(8,7-13)11-14-9(6-17-11)10(15)16-2/h6,8H,3-5H2,1-2H3. The first-order valence-electron chi connectivity index (χ1n) is 5.59. The van der Waals surface area contributed by atoms with Crippen LogP contribution in [0, 0.1) is 17.2 Å². The van der Waals surface area contributed by atoms with Crippen LogP contribution < -0.4 is 0 Å². The Balaban J connectivity index is 2.37. The van der Waals surface area contributed by atoms with Gasteiger partial charge in [-0.05, 0) is 18.8 Å². The minimum atomic E-state index is -0.503. The van der Waals surface area contributed by atoms with Gasteiger partial charge in [-0.25, -0.2) is 9.78 Å². The van der Waals surface area contributed by atoms with Crippen LogP contribution in [0.25, 0.3) is 0 Å². The smallest absolute Gasteiger partial charge is 0.357 e. The number of methoxy groups -OCH3 is 1. The fourth-order valence-corrected chi connectivity index (χ4v) is 3.47. The molecule has 0 spiro atoms.